The number of carbonyl (C=O) groups is 1. The Kier molecular flexibility index (Phi) is 5.16. The molecule has 5 heteroatoms. The molecule has 0 spiro atoms. The predicted octanol–water partition coefficient (Wildman–Crippen LogP) is 3.44. The molecule has 1 saturated carbocycles. The quantitative estimate of drug-likeness (QED) is 0.919. The van der Waals surface area contributed by atoms with Crippen molar-refractivity contribution in [2.75, 3.05) is 6.54 Å². The van der Waals surface area contributed by atoms with Crippen LogP contribution >= 0.6 is 11.3 Å². The second-order valence-electron chi connectivity index (χ2n) is 5.76. The normalized spacial score (nSPS) is 15.6. The number of amides is 1. The molecule has 0 saturated heterocycles. The molecule has 4 nitrogen and oxygen atoms in total. The molecule has 1 amide bonds. The van der Waals surface area contributed by atoms with Crippen LogP contribution < -0.4 is 5.32 Å². The molecule has 1 aliphatic carbocycles. The SMILES string of the molecule is O=C(NCCc1csc(-c2ccncc2)n1)C1CCCCC1. The number of carbonyl (C=O) groups excluding carboxylic acids is 1. The van der Waals surface area contributed by atoms with Crippen LogP contribution in [0.15, 0.2) is 29.9 Å². The second kappa shape index (κ2) is 7.49. The lowest BCUT2D eigenvalue weighted by Crippen LogP contribution is -2.33. The number of hydrogen-bond acceptors (Lipinski definition) is 4. The van der Waals surface area contributed by atoms with Gasteiger partial charge in [-0.25, -0.2) is 4.98 Å². The average molecular weight is 315 g/mol. The molecule has 1 N–H and O–H groups in total. The zero-order chi connectivity index (χ0) is 15.2. The van der Waals surface area contributed by atoms with E-state index in [2.05, 4.69) is 20.7 Å². The van der Waals surface area contributed by atoms with E-state index in [0.717, 1.165) is 35.5 Å². The molecular weight excluding hydrogens is 294 g/mol. The standard InChI is InChI=1S/C17H21N3OS/c21-16(13-4-2-1-3-5-13)19-11-8-15-12-22-17(20-15)14-6-9-18-10-7-14/h6-7,9-10,12-13H,1-5,8,11H2,(H,19,21). The van der Waals surface area contributed by atoms with Crippen LogP contribution in [-0.2, 0) is 11.2 Å². The summed E-state index contributed by atoms with van der Waals surface area (Å²) in [5, 5.41) is 6.15. The molecule has 0 bridgehead atoms. The molecule has 0 radical (unpaired) electrons. The fourth-order valence-electron chi connectivity index (χ4n) is 2.87. The van der Waals surface area contributed by atoms with Crippen molar-refractivity contribution < 1.29 is 4.79 Å². The van der Waals surface area contributed by atoms with E-state index in [0.29, 0.717) is 6.54 Å². The molecule has 0 unspecified atom stereocenters. The summed E-state index contributed by atoms with van der Waals surface area (Å²) in [4.78, 5) is 20.7. The number of aromatic nitrogens is 2. The van der Waals surface area contributed by atoms with Gasteiger partial charge in [-0.2, -0.15) is 0 Å². The summed E-state index contributed by atoms with van der Waals surface area (Å²) in [5.74, 6) is 0.459. The summed E-state index contributed by atoms with van der Waals surface area (Å²) >= 11 is 1.64. The van der Waals surface area contributed by atoms with Gasteiger partial charge in [-0.1, -0.05) is 19.3 Å². The van der Waals surface area contributed by atoms with E-state index in [1.54, 1.807) is 23.7 Å². The van der Waals surface area contributed by atoms with Crippen molar-refractivity contribution in [2.24, 2.45) is 5.92 Å². The summed E-state index contributed by atoms with van der Waals surface area (Å²) in [6, 6.07) is 3.93. The Morgan fingerprint density at radius 1 is 1.23 bits per heavy atom. The first kappa shape index (κ1) is 15.2. The van der Waals surface area contributed by atoms with E-state index in [9.17, 15) is 4.79 Å². The highest BCUT2D eigenvalue weighted by Gasteiger charge is 2.20. The molecule has 0 aliphatic heterocycles. The molecule has 1 aliphatic rings. The third kappa shape index (κ3) is 3.91. The van der Waals surface area contributed by atoms with Gasteiger partial charge in [0, 0.05) is 42.2 Å². The lowest BCUT2D eigenvalue weighted by atomic mass is 9.89. The summed E-state index contributed by atoms with van der Waals surface area (Å²) in [5.41, 5.74) is 2.14. The minimum atomic E-state index is 0.226. The first-order valence-corrected chi connectivity index (χ1v) is 8.83. The van der Waals surface area contributed by atoms with Crippen molar-refractivity contribution >= 4 is 17.2 Å². The highest BCUT2D eigenvalue weighted by atomic mass is 32.1. The van der Waals surface area contributed by atoms with E-state index in [-0.39, 0.29) is 11.8 Å². The fraction of sp³-hybridized carbons (Fsp3) is 0.471. The molecular formula is C17H21N3OS. The first-order chi connectivity index (χ1) is 10.8. The van der Waals surface area contributed by atoms with Crippen molar-refractivity contribution in [3.05, 3.63) is 35.6 Å². The lowest BCUT2D eigenvalue weighted by molar-refractivity contribution is -0.125. The Hall–Kier alpha value is -1.75. The lowest BCUT2D eigenvalue weighted by Gasteiger charge is -2.20. The number of thiazole rings is 1. The maximum atomic E-state index is 12.1. The zero-order valence-corrected chi connectivity index (χ0v) is 13.4. The monoisotopic (exact) mass is 315 g/mol. The van der Waals surface area contributed by atoms with Gasteiger partial charge in [-0.15, -0.1) is 11.3 Å². The maximum Gasteiger partial charge on any atom is 0.223 e. The number of nitrogens with one attached hydrogen (secondary N) is 1. The van der Waals surface area contributed by atoms with Gasteiger partial charge in [0.1, 0.15) is 5.01 Å². The molecule has 1 fully saturated rings. The van der Waals surface area contributed by atoms with Crippen molar-refractivity contribution in [1.82, 2.24) is 15.3 Å². The Bertz CT molecular complexity index is 605. The van der Waals surface area contributed by atoms with Crippen LogP contribution in [0.25, 0.3) is 10.6 Å². The Balaban J connectivity index is 1.48. The minimum Gasteiger partial charge on any atom is -0.355 e. The van der Waals surface area contributed by atoms with E-state index >= 15 is 0 Å². The van der Waals surface area contributed by atoms with Crippen LogP contribution in [0.2, 0.25) is 0 Å². The molecule has 2 aromatic rings. The van der Waals surface area contributed by atoms with Gasteiger partial charge in [0.05, 0.1) is 5.69 Å². The van der Waals surface area contributed by atoms with Crippen molar-refractivity contribution in [2.45, 2.75) is 38.5 Å². The van der Waals surface area contributed by atoms with Crippen molar-refractivity contribution in [1.29, 1.82) is 0 Å². The summed E-state index contributed by atoms with van der Waals surface area (Å²) < 4.78 is 0. The molecule has 3 rings (SSSR count). The first-order valence-electron chi connectivity index (χ1n) is 7.95. The molecule has 2 aromatic heterocycles. The summed E-state index contributed by atoms with van der Waals surface area (Å²) in [6.07, 6.45) is 10.1. The largest absolute Gasteiger partial charge is 0.355 e. The van der Waals surface area contributed by atoms with E-state index in [1.807, 2.05) is 12.1 Å². The number of pyridine rings is 1. The predicted molar refractivity (Wildman–Crippen MR) is 88.6 cm³/mol. The van der Waals surface area contributed by atoms with Crippen LogP contribution in [-0.4, -0.2) is 22.4 Å². The van der Waals surface area contributed by atoms with Crippen LogP contribution in [0.1, 0.15) is 37.8 Å². The van der Waals surface area contributed by atoms with E-state index in [4.69, 9.17) is 0 Å². The van der Waals surface area contributed by atoms with Crippen molar-refractivity contribution in [3.63, 3.8) is 0 Å². The van der Waals surface area contributed by atoms with E-state index in [1.165, 1.54) is 19.3 Å². The second-order valence-corrected chi connectivity index (χ2v) is 6.61. The van der Waals surface area contributed by atoms with Gasteiger partial charge in [-0.05, 0) is 25.0 Å². The third-order valence-electron chi connectivity index (χ3n) is 4.14. The molecule has 0 aromatic carbocycles. The van der Waals surface area contributed by atoms with E-state index < -0.39 is 0 Å². The Labute approximate surface area is 135 Å². The number of nitrogens with zero attached hydrogens (tertiary/aromatic N) is 2. The van der Waals surface area contributed by atoms with Gasteiger partial charge < -0.3 is 5.32 Å². The number of hydrogen-bond donors (Lipinski definition) is 1. The van der Waals surface area contributed by atoms with Gasteiger partial charge in [0.2, 0.25) is 5.91 Å². The van der Waals surface area contributed by atoms with Gasteiger partial charge in [-0.3, -0.25) is 9.78 Å². The van der Waals surface area contributed by atoms with Crippen LogP contribution in [0.4, 0.5) is 0 Å². The van der Waals surface area contributed by atoms with Gasteiger partial charge in [0.15, 0.2) is 0 Å². The highest BCUT2D eigenvalue weighted by molar-refractivity contribution is 7.13. The topological polar surface area (TPSA) is 54.9 Å². The van der Waals surface area contributed by atoms with Gasteiger partial charge >= 0.3 is 0 Å². The molecule has 116 valence electrons. The zero-order valence-electron chi connectivity index (χ0n) is 12.6. The number of rotatable bonds is 5. The molecule has 0 atom stereocenters. The van der Waals surface area contributed by atoms with Crippen molar-refractivity contribution in [3.8, 4) is 10.6 Å². The average Bonchev–Trinajstić information content (AvgIpc) is 3.05. The smallest absolute Gasteiger partial charge is 0.223 e. The Morgan fingerprint density at radius 2 is 2.00 bits per heavy atom. The maximum absolute atomic E-state index is 12.1. The van der Waals surface area contributed by atoms with Crippen LogP contribution in [0.3, 0.4) is 0 Å². The summed E-state index contributed by atoms with van der Waals surface area (Å²) in [6.45, 7) is 0.675. The minimum absolute atomic E-state index is 0.226. The van der Waals surface area contributed by atoms with Gasteiger partial charge in [0.25, 0.3) is 0 Å². The summed E-state index contributed by atoms with van der Waals surface area (Å²) in [7, 11) is 0. The van der Waals surface area contributed by atoms with Crippen LogP contribution in [0, 0.1) is 5.92 Å². The van der Waals surface area contributed by atoms with Crippen LogP contribution in [0.5, 0.6) is 0 Å². The fourth-order valence-corrected chi connectivity index (χ4v) is 3.73. The molecule has 22 heavy (non-hydrogen) atoms. The molecule has 2 heterocycles. The Morgan fingerprint density at radius 3 is 2.77 bits per heavy atom. The third-order valence-corrected chi connectivity index (χ3v) is 5.08. The highest BCUT2D eigenvalue weighted by Crippen LogP contribution is 2.24.